The van der Waals surface area contributed by atoms with E-state index >= 15 is 0 Å². The van der Waals surface area contributed by atoms with E-state index in [-0.39, 0.29) is 36.7 Å². The van der Waals surface area contributed by atoms with Gasteiger partial charge in [0.05, 0.1) is 24.5 Å². The van der Waals surface area contributed by atoms with E-state index in [1.54, 1.807) is 24.6 Å². The van der Waals surface area contributed by atoms with Gasteiger partial charge in [-0.15, -0.1) is 21.5 Å². The number of carbonyl (C=O) groups excluding carboxylic acids is 3. The Morgan fingerprint density at radius 2 is 1.97 bits per heavy atom. The number of hydrogen-bond donors (Lipinski definition) is 2. The normalized spacial score (nSPS) is 12.9. The molecule has 2 aromatic heterocycles. The van der Waals surface area contributed by atoms with E-state index in [0.29, 0.717) is 27.1 Å². The summed E-state index contributed by atoms with van der Waals surface area (Å²) in [7, 11) is 1.80. The van der Waals surface area contributed by atoms with Crippen LogP contribution in [0.25, 0.3) is 0 Å². The average Bonchev–Trinajstić information content (AvgIpc) is 3.30. The van der Waals surface area contributed by atoms with Gasteiger partial charge in [0.1, 0.15) is 5.00 Å². The maximum atomic E-state index is 12.8. The summed E-state index contributed by atoms with van der Waals surface area (Å²) < 4.78 is 7.05. The van der Waals surface area contributed by atoms with Crippen molar-refractivity contribution in [1.82, 2.24) is 20.1 Å². The van der Waals surface area contributed by atoms with Crippen LogP contribution in [0.4, 0.5) is 5.00 Å². The van der Waals surface area contributed by atoms with Crippen molar-refractivity contribution in [3.05, 3.63) is 57.2 Å². The van der Waals surface area contributed by atoms with Crippen molar-refractivity contribution in [2.75, 3.05) is 17.7 Å². The summed E-state index contributed by atoms with van der Waals surface area (Å²) in [4.78, 5) is 39.1. The molecular weight excluding hydrogens is 510 g/mol. The smallest absolute Gasteiger partial charge is 0.341 e. The van der Waals surface area contributed by atoms with Gasteiger partial charge in [0.15, 0.2) is 11.0 Å². The van der Waals surface area contributed by atoms with Crippen molar-refractivity contribution in [1.29, 1.82) is 0 Å². The quantitative estimate of drug-likeness (QED) is 0.236. The zero-order chi connectivity index (χ0) is 26.4. The van der Waals surface area contributed by atoms with E-state index < -0.39 is 0 Å². The summed E-state index contributed by atoms with van der Waals surface area (Å²) in [6.07, 6.45) is 4.99. The van der Waals surface area contributed by atoms with E-state index in [9.17, 15) is 14.4 Å². The van der Waals surface area contributed by atoms with Crippen LogP contribution in [0, 0.1) is 6.92 Å². The zero-order valence-corrected chi connectivity index (χ0v) is 22.9. The van der Waals surface area contributed by atoms with Crippen molar-refractivity contribution < 1.29 is 19.1 Å². The molecule has 0 atom stereocenters. The van der Waals surface area contributed by atoms with Gasteiger partial charge in [-0.3, -0.25) is 9.59 Å². The van der Waals surface area contributed by atoms with Gasteiger partial charge in [-0.2, -0.15) is 0 Å². The van der Waals surface area contributed by atoms with Crippen LogP contribution in [-0.4, -0.2) is 44.9 Å². The third-order valence-electron chi connectivity index (χ3n) is 6.10. The van der Waals surface area contributed by atoms with Gasteiger partial charge >= 0.3 is 5.97 Å². The molecule has 0 fully saturated rings. The number of nitrogens with zero attached hydrogens (tertiary/aromatic N) is 3. The van der Waals surface area contributed by atoms with E-state index in [2.05, 4.69) is 20.8 Å². The standard InChI is InChI=1S/C26H31N5O4S2/c1-4-35-25(34)22-18-11-6-5-7-12-19(18)37-24(22)28-21(32)15-36-26-30-29-20(31(26)3)14-27-23(33)17-10-8-9-16(2)13-17/h8-10,13H,4-7,11-12,14-15H2,1-3H3,(H,27,33)(H,28,32). The first kappa shape index (κ1) is 26.9. The number of ether oxygens (including phenoxy) is 1. The Hall–Kier alpha value is -3.18. The molecule has 0 aliphatic heterocycles. The van der Waals surface area contributed by atoms with Crippen molar-refractivity contribution >= 4 is 45.9 Å². The lowest BCUT2D eigenvalue weighted by atomic mass is 10.1. The number of rotatable bonds is 9. The molecule has 11 heteroatoms. The lowest BCUT2D eigenvalue weighted by Gasteiger charge is -2.09. The number of hydrogen-bond acceptors (Lipinski definition) is 8. The molecule has 0 unspecified atom stereocenters. The molecule has 1 aliphatic rings. The van der Waals surface area contributed by atoms with Crippen molar-refractivity contribution in [2.45, 2.75) is 57.7 Å². The van der Waals surface area contributed by atoms with Crippen LogP contribution < -0.4 is 10.6 Å². The molecule has 0 saturated heterocycles. The largest absolute Gasteiger partial charge is 0.462 e. The lowest BCUT2D eigenvalue weighted by Crippen LogP contribution is -2.24. The number of carbonyl (C=O) groups is 3. The molecule has 0 bridgehead atoms. The number of thioether (sulfide) groups is 1. The van der Waals surface area contributed by atoms with E-state index in [0.717, 1.165) is 48.1 Å². The number of nitrogens with one attached hydrogen (secondary N) is 2. The van der Waals surface area contributed by atoms with Crippen LogP contribution in [0.1, 0.15) is 68.7 Å². The Bertz CT molecular complexity index is 1300. The van der Waals surface area contributed by atoms with Crippen LogP contribution >= 0.6 is 23.1 Å². The minimum Gasteiger partial charge on any atom is -0.462 e. The van der Waals surface area contributed by atoms with Gasteiger partial charge < -0.3 is 19.9 Å². The second-order valence-corrected chi connectivity index (χ2v) is 10.9. The molecule has 2 N–H and O–H groups in total. The number of amides is 2. The van der Waals surface area contributed by atoms with Gasteiger partial charge in [0, 0.05) is 17.5 Å². The maximum absolute atomic E-state index is 12.8. The van der Waals surface area contributed by atoms with Crippen LogP contribution in [0.5, 0.6) is 0 Å². The van der Waals surface area contributed by atoms with Crippen molar-refractivity contribution in [2.24, 2.45) is 7.05 Å². The molecule has 1 aliphatic carbocycles. The molecule has 37 heavy (non-hydrogen) atoms. The predicted octanol–water partition coefficient (Wildman–Crippen LogP) is 4.29. The highest BCUT2D eigenvalue weighted by Gasteiger charge is 2.26. The topological polar surface area (TPSA) is 115 Å². The van der Waals surface area contributed by atoms with Gasteiger partial charge in [0.2, 0.25) is 5.91 Å². The lowest BCUT2D eigenvalue weighted by molar-refractivity contribution is -0.113. The highest BCUT2D eigenvalue weighted by Crippen LogP contribution is 2.38. The number of thiophene rings is 1. The Morgan fingerprint density at radius 3 is 2.76 bits per heavy atom. The molecule has 1 aromatic carbocycles. The van der Waals surface area contributed by atoms with Gasteiger partial charge in [-0.1, -0.05) is 35.9 Å². The third-order valence-corrected chi connectivity index (χ3v) is 8.33. The van der Waals surface area contributed by atoms with Crippen molar-refractivity contribution in [3.63, 3.8) is 0 Å². The van der Waals surface area contributed by atoms with Gasteiger partial charge in [-0.25, -0.2) is 4.79 Å². The average molecular weight is 542 g/mol. The fourth-order valence-corrected chi connectivity index (χ4v) is 6.24. The molecule has 3 aromatic rings. The number of aryl methyl sites for hydroxylation is 2. The van der Waals surface area contributed by atoms with Crippen LogP contribution in [-0.2, 0) is 36.0 Å². The molecule has 4 rings (SSSR count). The number of fused-ring (bicyclic) bond motifs is 1. The first-order valence-corrected chi connectivity index (χ1v) is 14.1. The molecule has 0 spiro atoms. The first-order chi connectivity index (χ1) is 17.9. The summed E-state index contributed by atoms with van der Waals surface area (Å²) in [5.41, 5.74) is 3.12. The molecular formula is C26H31N5O4S2. The monoisotopic (exact) mass is 541 g/mol. The minimum absolute atomic E-state index is 0.104. The molecule has 2 heterocycles. The van der Waals surface area contributed by atoms with E-state index in [1.165, 1.54) is 23.1 Å². The van der Waals surface area contributed by atoms with E-state index in [4.69, 9.17) is 4.74 Å². The SMILES string of the molecule is CCOC(=O)c1c(NC(=O)CSc2nnc(CNC(=O)c3cccc(C)c3)n2C)sc2c1CCCCC2. The number of benzene rings is 1. The molecule has 2 amide bonds. The fraction of sp³-hybridized carbons (Fsp3) is 0.423. The Morgan fingerprint density at radius 1 is 1.16 bits per heavy atom. The minimum atomic E-state index is -0.379. The van der Waals surface area contributed by atoms with Gasteiger partial charge in [-0.05, 0) is 57.2 Å². The predicted molar refractivity (Wildman–Crippen MR) is 144 cm³/mol. The number of aromatic nitrogens is 3. The maximum Gasteiger partial charge on any atom is 0.341 e. The van der Waals surface area contributed by atoms with Crippen LogP contribution in [0.3, 0.4) is 0 Å². The number of anilines is 1. The second kappa shape index (κ2) is 12.4. The summed E-state index contributed by atoms with van der Waals surface area (Å²) in [6, 6.07) is 7.36. The summed E-state index contributed by atoms with van der Waals surface area (Å²) in [5.74, 6) is -0.116. The van der Waals surface area contributed by atoms with Crippen molar-refractivity contribution in [3.8, 4) is 0 Å². The summed E-state index contributed by atoms with van der Waals surface area (Å²) in [5, 5.41) is 15.2. The molecule has 0 radical (unpaired) electrons. The molecule has 196 valence electrons. The molecule has 9 nitrogen and oxygen atoms in total. The summed E-state index contributed by atoms with van der Waals surface area (Å²) >= 11 is 2.72. The Kier molecular flexibility index (Phi) is 8.99. The Balaban J connectivity index is 1.37. The van der Waals surface area contributed by atoms with E-state index in [1.807, 2.05) is 25.1 Å². The van der Waals surface area contributed by atoms with Crippen LogP contribution in [0.2, 0.25) is 0 Å². The first-order valence-electron chi connectivity index (χ1n) is 12.3. The molecule has 0 saturated carbocycles. The second-order valence-electron chi connectivity index (χ2n) is 8.84. The highest BCUT2D eigenvalue weighted by atomic mass is 32.2. The Labute approximate surface area is 224 Å². The number of esters is 1. The van der Waals surface area contributed by atoms with Crippen LogP contribution in [0.15, 0.2) is 29.4 Å². The summed E-state index contributed by atoms with van der Waals surface area (Å²) in [6.45, 7) is 4.21. The van der Waals surface area contributed by atoms with Gasteiger partial charge in [0.25, 0.3) is 5.91 Å². The third kappa shape index (κ3) is 6.58. The zero-order valence-electron chi connectivity index (χ0n) is 21.3. The highest BCUT2D eigenvalue weighted by molar-refractivity contribution is 7.99. The fourth-order valence-electron chi connectivity index (χ4n) is 4.22.